The number of hydrogen-bond acceptors (Lipinski definition) is 12. The molecule has 4 atom stereocenters. The third kappa shape index (κ3) is 8.03. The lowest BCUT2D eigenvalue weighted by Crippen LogP contribution is -2.65. The van der Waals surface area contributed by atoms with Crippen molar-refractivity contribution in [3.8, 4) is 0 Å². The van der Waals surface area contributed by atoms with Gasteiger partial charge in [0.15, 0.2) is 0 Å². The van der Waals surface area contributed by atoms with Crippen LogP contribution < -0.4 is 10.6 Å². The monoisotopic (exact) mass is 649 g/mol. The van der Waals surface area contributed by atoms with Crippen molar-refractivity contribution in [1.29, 1.82) is 0 Å². The minimum atomic E-state index is -1.22. The van der Waals surface area contributed by atoms with E-state index in [1.807, 2.05) is 0 Å². The molecule has 2 aromatic carbocycles. The summed E-state index contributed by atoms with van der Waals surface area (Å²) in [6.45, 7) is 2.57. The fraction of sp³-hybridized carbons (Fsp3) is 0.321. The summed E-state index contributed by atoms with van der Waals surface area (Å²) in [5, 5.41) is 34.7. The van der Waals surface area contributed by atoms with E-state index in [1.54, 1.807) is 6.92 Å². The summed E-state index contributed by atoms with van der Waals surface area (Å²) in [5.41, 5.74) is 9.54. The Morgan fingerprint density at radius 1 is 1.00 bits per heavy atom. The van der Waals surface area contributed by atoms with Crippen LogP contribution in [0.25, 0.3) is 5.53 Å². The predicted octanol–water partition coefficient (Wildman–Crippen LogP) is 1.82. The third-order valence-corrected chi connectivity index (χ3v) is 7.42. The molecular weight excluding hydrogens is 622 g/mol. The summed E-state index contributed by atoms with van der Waals surface area (Å²) in [7, 11) is 0. The topological polar surface area (TPSA) is 264 Å². The molecule has 2 heterocycles. The molecule has 47 heavy (non-hydrogen) atoms. The van der Waals surface area contributed by atoms with E-state index in [4.69, 9.17) is 9.47 Å². The molecule has 19 nitrogen and oxygen atoms in total. The highest BCUT2D eigenvalue weighted by molar-refractivity contribution is 6.62. The molecule has 1 aromatic heterocycles. The van der Waals surface area contributed by atoms with Crippen LogP contribution in [0, 0.1) is 32.1 Å². The van der Waals surface area contributed by atoms with Gasteiger partial charge in [-0.1, -0.05) is 12.1 Å². The third-order valence-electron chi connectivity index (χ3n) is 7.42. The molecule has 19 heteroatoms. The first kappa shape index (κ1) is 33.5. The maximum Gasteiger partial charge on any atom is 0.441 e. The zero-order chi connectivity index (χ0) is 34.2. The molecule has 2 amide bonds. The van der Waals surface area contributed by atoms with Gasteiger partial charge in [-0.2, -0.15) is 4.79 Å². The fourth-order valence-corrected chi connectivity index (χ4v) is 4.71. The number of carbonyl (C=O) groups excluding carboxylic acids is 4. The van der Waals surface area contributed by atoms with Crippen LogP contribution in [-0.2, 0) is 43.6 Å². The number of Topliss-reactive ketones (excluding diaryl/α,β-unsaturated/α-hetero) is 1. The number of alkyl carbamates (subject to hydrolysis) is 1. The number of benzene rings is 2. The van der Waals surface area contributed by atoms with Crippen molar-refractivity contribution >= 4 is 40.8 Å². The van der Waals surface area contributed by atoms with Crippen LogP contribution in [0.4, 0.5) is 16.2 Å². The van der Waals surface area contributed by atoms with Gasteiger partial charge in [0.25, 0.3) is 17.2 Å². The first-order chi connectivity index (χ1) is 22.4. The first-order valence-corrected chi connectivity index (χ1v) is 13.9. The summed E-state index contributed by atoms with van der Waals surface area (Å²) in [5.74, 6) is -4.32. The molecule has 0 saturated carbocycles. The lowest BCUT2D eigenvalue weighted by Gasteiger charge is -2.42. The van der Waals surface area contributed by atoms with Gasteiger partial charge in [0, 0.05) is 30.2 Å². The molecule has 4 rings (SSSR count). The van der Waals surface area contributed by atoms with Crippen molar-refractivity contribution in [2.24, 2.45) is 11.8 Å². The first-order valence-electron chi connectivity index (χ1n) is 13.9. The van der Waals surface area contributed by atoms with E-state index in [0.29, 0.717) is 16.8 Å². The Kier molecular flexibility index (Phi) is 10.4. The lowest BCUT2D eigenvalue weighted by atomic mass is 9.75. The van der Waals surface area contributed by atoms with E-state index in [-0.39, 0.29) is 31.1 Å². The van der Waals surface area contributed by atoms with Gasteiger partial charge in [-0.25, -0.2) is 14.3 Å². The standard InChI is InChI=1S/C28H27N9O10/c1-15(25(38)24(32-29)27(40)46-13-17-3-7-20(8-4-17)36(42)43)23-22(26(39)31-23)16(2)35-12-19(33-34-35)11-30-28(41)47-14-18-5-9-21(10-6-18)37(44)45/h3-10,12,15-16,22-23H,11,13-14H2,1-2H3,(H,30,41)(H,31,39)/t15?,16-,22-,23-/m1/s1. The maximum atomic E-state index is 13.1. The number of non-ortho nitro benzene ring substituents is 2. The Morgan fingerprint density at radius 2 is 1.55 bits per heavy atom. The van der Waals surface area contributed by atoms with Gasteiger partial charge in [-0.3, -0.25) is 29.8 Å². The second kappa shape index (κ2) is 14.6. The molecule has 0 aliphatic carbocycles. The highest BCUT2D eigenvalue weighted by Gasteiger charge is 2.51. The number of nitro groups is 2. The number of esters is 1. The van der Waals surface area contributed by atoms with Gasteiger partial charge < -0.3 is 25.6 Å². The van der Waals surface area contributed by atoms with Crippen molar-refractivity contribution in [3.63, 3.8) is 0 Å². The molecule has 1 saturated heterocycles. The normalized spacial score (nSPS) is 16.3. The largest absolute Gasteiger partial charge is 0.452 e. The summed E-state index contributed by atoms with van der Waals surface area (Å²) in [6.07, 6.45) is 0.719. The number of ether oxygens (including phenoxy) is 2. The molecule has 1 fully saturated rings. The van der Waals surface area contributed by atoms with Gasteiger partial charge in [0.2, 0.25) is 5.91 Å². The molecule has 1 aliphatic heterocycles. The van der Waals surface area contributed by atoms with Gasteiger partial charge in [0.05, 0.1) is 40.6 Å². The molecule has 0 bridgehead atoms. The number of rotatable bonds is 14. The minimum absolute atomic E-state index is 0.0701. The highest BCUT2D eigenvalue weighted by Crippen LogP contribution is 2.32. The van der Waals surface area contributed by atoms with E-state index in [9.17, 15) is 44.9 Å². The number of aromatic nitrogens is 3. The van der Waals surface area contributed by atoms with E-state index >= 15 is 0 Å². The summed E-state index contributed by atoms with van der Waals surface area (Å²) >= 11 is 0. The number of amides is 2. The average Bonchev–Trinajstić information content (AvgIpc) is 3.54. The smallest absolute Gasteiger partial charge is 0.441 e. The van der Waals surface area contributed by atoms with Crippen LogP contribution in [0.3, 0.4) is 0 Å². The zero-order valence-electron chi connectivity index (χ0n) is 24.8. The van der Waals surface area contributed by atoms with Crippen molar-refractivity contribution in [2.75, 3.05) is 0 Å². The Hall–Kier alpha value is -6.36. The summed E-state index contributed by atoms with van der Waals surface area (Å²) < 4.78 is 11.5. The number of nitrogens with zero attached hydrogens (tertiary/aromatic N) is 7. The Bertz CT molecular complexity index is 1750. The van der Waals surface area contributed by atoms with Crippen LogP contribution in [0.15, 0.2) is 54.7 Å². The van der Waals surface area contributed by atoms with Crippen LogP contribution in [0.5, 0.6) is 0 Å². The van der Waals surface area contributed by atoms with Crippen LogP contribution >= 0.6 is 0 Å². The summed E-state index contributed by atoms with van der Waals surface area (Å²) in [6, 6.07) is 9.27. The maximum absolute atomic E-state index is 13.1. The van der Waals surface area contributed by atoms with Crippen molar-refractivity contribution in [2.45, 2.75) is 45.7 Å². The number of carbonyl (C=O) groups is 4. The van der Waals surface area contributed by atoms with Gasteiger partial charge in [-0.05, 0) is 42.3 Å². The number of hydrogen-bond donors (Lipinski definition) is 2. The minimum Gasteiger partial charge on any atom is -0.452 e. The number of nitrogens with one attached hydrogen (secondary N) is 2. The van der Waals surface area contributed by atoms with E-state index < -0.39 is 63.2 Å². The number of nitro benzene ring substituents is 2. The molecule has 1 aliphatic rings. The second-order valence-corrected chi connectivity index (χ2v) is 10.4. The van der Waals surface area contributed by atoms with Gasteiger partial charge >= 0.3 is 17.8 Å². The zero-order valence-corrected chi connectivity index (χ0v) is 24.8. The van der Waals surface area contributed by atoms with E-state index in [2.05, 4.69) is 25.7 Å². The van der Waals surface area contributed by atoms with Gasteiger partial charge in [-0.15, -0.1) is 5.10 Å². The van der Waals surface area contributed by atoms with Crippen LogP contribution in [0.2, 0.25) is 0 Å². The lowest BCUT2D eigenvalue weighted by molar-refractivity contribution is -0.385. The van der Waals surface area contributed by atoms with Crippen LogP contribution in [-0.4, -0.2) is 65.1 Å². The quantitative estimate of drug-likeness (QED) is 0.0370. The molecule has 0 radical (unpaired) electrons. The van der Waals surface area contributed by atoms with Gasteiger partial charge in [0.1, 0.15) is 18.9 Å². The number of ketones is 1. The molecule has 0 spiro atoms. The van der Waals surface area contributed by atoms with Crippen LogP contribution in [0.1, 0.15) is 36.7 Å². The second-order valence-electron chi connectivity index (χ2n) is 10.4. The average molecular weight is 650 g/mol. The Morgan fingerprint density at radius 3 is 2.06 bits per heavy atom. The number of β-lactam (4-membered cyclic amide) rings is 1. The molecular formula is C28H27N9O10. The highest BCUT2D eigenvalue weighted by atomic mass is 16.6. The fourth-order valence-electron chi connectivity index (χ4n) is 4.71. The summed E-state index contributed by atoms with van der Waals surface area (Å²) in [4.78, 5) is 73.5. The molecule has 2 N–H and O–H groups in total. The SMILES string of the molecule is CC(C(=O)C(=[N+]=[N-])C(=O)OCc1ccc([N+](=O)[O-])cc1)[C@H]1NC(=O)[C@@H]1[C@@H](C)n1cc(CNC(=O)OCc2ccc([N+](=O)[O-])cc2)nn1. The Balaban J connectivity index is 1.29. The van der Waals surface area contributed by atoms with E-state index in [1.165, 1.54) is 66.3 Å². The van der Waals surface area contributed by atoms with E-state index in [0.717, 1.165) is 0 Å². The van der Waals surface area contributed by atoms with Crippen molar-refractivity contribution in [3.05, 3.63) is 97.3 Å². The Labute approximate surface area is 264 Å². The molecule has 3 aromatic rings. The van der Waals surface area contributed by atoms with Crippen molar-refractivity contribution in [1.82, 2.24) is 25.6 Å². The van der Waals surface area contributed by atoms with Crippen molar-refractivity contribution < 1.29 is 43.3 Å². The molecule has 244 valence electrons. The predicted molar refractivity (Wildman–Crippen MR) is 156 cm³/mol. The molecule has 1 unspecified atom stereocenters.